The molecule has 1 aliphatic heterocycles. The van der Waals surface area contributed by atoms with E-state index in [2.05, 4.69) is 15.9 Å². The number of hydrogen-bond acceptors (Lipinski definition) is 3. The number of hydrogen-bond donors (Lipinski definition) is 1. The van der Waals surface area contributed by atoms with Gasteiger partial charge in [-0.05, 0) is 47.8 Å². The number of rotatable bonds is 4. The maximum Gasteiger partial charge on any atom is 0.306 e. The van der Waals surface area contributed by atoms with Crippen molar-refractivity contribution in [2.24, 2.45) is 5.92 Å². The number of carboxylic acids is 1. The molecular weight excluding hydrogens is 338 g/mol. The highest BCUT2D eigenvalue weighted by atomic mass is 79.9. The molecule has 1 unspecified atom stereocenters. The Morgan fingerprint density at radius 1 is 1.33 bits per heavy atom. The molecule has 1 saturated heterocycles. The molecule has 1 heterocycles. The zero-order valence-corrected chi connectivity index (χ0v) is 13.4. The molecule has 0 radical (unpaired) electrons. The standard InChI is InChI=1S/C15H18BrNO4/c1-10(21-13-5-3-2-4-12(13)16)14(18)17-8-6-11(7-9-17)15(19)20/h2-5,10-11H,6-9H2,1H3,(H,19,20). The molecule has 0 aromatic heterocycles. The number of likely N-dealkylation sites (tertiary alicyclic amines) is 1. The number of ether oxygens (including phenoxy) is 1. The Morgan fingerprint density at radius 3 is 2.52 bits per heavy atom. The zero-order valence-electron chi connectivity index (χ0n) is 11.8. The second-order valence-electron chi connectivity index (χ2n) is 5.13. The van der Waals surface area contributed by atoms with E-state index in [1.54, 1.807) is 17.9 Å². The summed E-state index contributed by atoms with van der Waals surface area (Å²) in [7, 11) is 0. The summed E-state index contributed by atoms with van der Waals surface area (Å²) >= 11 is 3.38. The summed E-state index contributed by atoms with van der Waals surface area (Å²) in [5.74, 6) is -0.596. The number of aliphatic carboxylic acids is 1. The maximum atomic E-state index is 12.3. The average Bonchev–Trinajstić information content (AvgIpc) is 2.49. The van der Waals surface area contributed by atoms with Crippen molar-refractivity contribution < 1.29 is 19.4 Å². The van der Waals surface area contributed by atoms with Gasteiger partial charge in [0.1, 0.15) is 5.75 Å². The van der Waals surface area contributed by atoms with Crippen molar-refractivity contribution in [2.45, 2.75) is 25.9 Å². The summed E-state index contributed by atoms with van der Waals surface area (Å²) < 4.78 is 6.48. The summed E-state index contributed by atoms with van der Waals surface area (Å²) in [6, 6.07) is 7.37. The lowest BCUT2D eigenvalue weighted by atomic mass is 9.97. The van der Waals surface area contributed by atoms with Gasteiger partial charge >= 0.3 is 5.97 Å². The Labute approximate surface area is 132 Å². The normalized spacial score (nSPS) is 17.3. The minimum Gasteiger partial charge on any atom is -0.481 e. The smallest absolute Gasteiger partial charge is 0.306 e. The molecular formula is C15H18BrNO4. The predicted molar refractivity (Wildman–Crippen MR) is 81.2 cm³/mol. The molecule has 0 bridgehead atoms. The van der Waals surface area contributed by atoms with Gasteiger partial charge in [-0.2, -0.15) is 0 Å². The van der Waals surface area contributed by atoms with Gasteiger partial charge in [-0.25, -0.2) is 0 Å². The molecule has 6 heteroatoms. The van der Waals surface area contributed by atoms with Gasteiger partial charge in [0.15, 0.2) is 6.10 Å². The van der Waals surface area contributed by atoms with Crippen LogP contribution in [0.1, 0.15) is 19.8 Å². The van der Waals surface area contributed by atoms with Crippen molar-refractivity contribution >= 4 is 27.8 Å². The summed E-state index contributed by atoms with van der Waals surface area (Å²) in [5.41, 5.74) is 0. The van der Waals surface area contributed by atoms with Crippen LogP contribution < -0.4 is 4.74 Å². The van der Waals surface area contributed by atoms with E-state index >= 15 is 0 Å². The lowest BCUT2D eigenvalue weighted by molar-refractivity contribution is -0.147. The zero-order chi connectivity index (χ0) is 15.4. The first-order chi connectivity index (χ1) is 9.99. The van der Waals surface area contributed by atoms with E-state index in [0.29, 0.717) is 31.7 Å². The molecule has 1 amide bonds. The van der Waals surface area contributed by atoms with E-state index in [4.69, 9.17) is 9.84 Å². The van der Waals surface area contributed by atoms with Crippen LogP contribution in [0.2, 0.25) is 0 Å². The molecule has 0 spiro atoms. The van der Waals surface area contributed by atoms with Crippen LogP contribution in [0.25, 0.3) is 0 Å². The molecule has 1 aromatic carbocycles. The van der Waals surface area contributed by atoms with Crippen molar-refractivity contribution in [3.8, 4) is 5.75 Å². The van der Waals surface area contributed by atoms with Crippen molar-refractivity contribution in [3.05, 3.63) is 28.7 Å². The number of benzene rings is 1. The first-order valence-electron chi connectivity index (χ1n) is 6.92. The number of nitrogens with zero attached hydrogens (tertiary/aromatic N) is 1. The largest absolute Gasteiger partial charge is 0.481 e. The fraction of sp³-hybridized carbons (Fsp3) is 0.467. The predicted octanol–water partition coefficient (Wildman–Crippen LogP) is 2.54. The van der Waals surface area contributed by atoms with Crippen LogP contribution >= 0.6 is 15.9 Å². The van der Waals surface area contributed by atoms with Crippen LogP contribution in [0, 0.1) is 5.92 Å². The van der Waals surface area contributed by atoms with E-state index in [9.17, 15) is 9.59 Å². The Kier molecular flexibility index (Phi) is 5.22. The van der Waals surface area contributed by atoms with Crippen molar-refractivity contribution in [1.82, 2.24) is 4.90 Å². The minimum atomic E-state index is -0.778. The van der Waals surface area contributed by atoms with Gasteiger partial charge in [0, 0.05) is 13.1 Å². The maximum absolute atomic E-state index is 12.3. The molecule has 0 aliphatic carbocycles. The van der Waals surface area contributed by atoms with Crippen LogP contribution in [0.4, 0.5) is 0 Å². The minimum absolute atomic E-state index is 0.102. The summed E-state index contributed by atoms with van der Waals surface area (Å²) in [4.78, 5) is 24.9. The number of amides is 1. The van der Waals surface area contributed by atoms with Crippen molar-refractivity contribution in [1.29, 1.82) is 0 Å². The molecule has 1 aliphatic rings. The number of piperidine rings is 1. The van der Waals surface area contributed by atoms with Gasteiger partial charge in [0.25, 0.3) is 5.91 Å². The fourth-order valence-electron chi connectivity index (χ4n) is 2.39. The Hall–Kier alpha value is -1.56. The van der Waals surface area contributed by atoms with Crippen LogP contribution in [0.3, 0.4) is 0 Å². The van der Waals surface area contributed by atoms with E-state index < -0.39 is 12.1 Å². The van der Waals surface area contributed by atoms with Crippen LogP contribution in [0.15, 0.2) is 28.7 Å². The average molecular weight is 356 g/mol. The second-order valence-corrected chi connectivity index (χ2v) is 5.98. The lowest BCUT2D eigenvalue weighted by Gasteiger charge is -2.32. The van der Waals surface area contributed by atoms with Gasteiger partial charge < -0.3 is 14.7 Å². The molecule has 1 atom stereocenters. The number of para-hydroxylation sites is 1. The third-order valence-electron chi connectivity index (χ3n) is 3.64. The highest BCUT2D eigenvalue weighted by molar-refractivity contribution is 9.10. The van der Waals surface area contributed by atoms with E-state index in [1.165, 1.54) is 0 Å². The quantitative estimate of drug-likeness (QED) is 0.900. The van der Waals surface area contributed by atoms with Crippen LogP contribution in [-0.4, -0.2) is 41.1 Å². The van der Waals surface area contributed by atoms with Gasteiger partial charge in [-0.1, -0.05) is 12.1 Å². The van der Waals surface area contributed by atoms with Gasteiger partial charge in [0.05, 0.1) is 10.4 Å². The third kappa shape index (κ3) is 3.97. The van der Waals surface area contributed by atoms with Gasteiger partial charge in [-0.15, -0.1) is 0 Å². The first-order valence-corrected chi connectivity index (χ1v) is 7.71. The van der Waals surface area contributed by atoms with E-state index in [0.717, 1.165) is 4.47 Å². The number of carbonyl (C=O) groups is 2. The van der Waals surface area contributed by atoms with Crippen LogP contribution in [0.5, 0.6) is 5.75 Å². The second kappa shape index (κ2) is 6.93. The third-order valence-corrected chi connectivity index (χ3v) is 4.30. The number of carbonyl (C=O) groups excluding carboxylic acids is 1. The SMILES string of the molecule is CC(Oc1ccccc1Br)C(=O)N1CCC(C(=O)O)CC1. The first kappa shape index (κ1) is 15.8. The molecule has 1 aromatic rings. The van der Waals surface area contributed by atoms with E-state index in [-0.39, 0.29) is 11.8 Å². The Balaban J connectivity index is 1.92. The van der Waals surface area contributed by atoms with Crippen LogP contribution in [-0.2, 0) is 9.59 Å². The van der Waals surface area contributed by atoms with Gasteiger partial charge in [-0.3, -0.25) is 9.59 Å². The summed E-state index contributed by atoms with van der Waals surface area (Å²) in [5, 5.41) is 8.96. The monoisotopic (exact) mass is 355 g/mol. The summed E-state index contributed by atoms with van der Waals surface area (Å²) in [6.07, 6.45) is 0.413. The van der Waals surface area contributed by atoms with Gasteiger partial charge in [0.2, 0.25) is 0 Å². The van der Waals surface area contributed by atoms with Crippen molar-refractivity contribution in [2.75, 3.05) is 13.1 Å². The fourth-order valence-corrected chi connectivity index (χ4v) is 2.76. The van der Waals surface area contributed by atoms with E-state index in [1.807, 2.05) is 18.2 Å². The topological polar surface area (TPSA) is 66.8 Å². The molecule has 5 nitrogen and oxygen atoms in total. The summed E-state index contributed by atoms with van der Waals surface area (Å²) in [6.45, 7) is 2.66. The highest BCUT2D eigenvalue weighted by Gasteiger charge is 2.29. The molecule has 1 N–H and O–H groups in total. The lowest BCUT2D eigenvalue weighted by Crippen LogP contribution is -2.45. The molecule has 0 saturated carbocycles. The number of carboxylic acid groups (broad SMARTS) is 1. The molecule has 21 heavy (non-hydrogen) atoms. The Bertz CT molecular complexity index is 526. The molecule has 1 fully saturated rings. The molecule has 114 valence electrons. The number of halogens is 1. The highest BCUT2D eigenvalue weighted by Crippen LogP contribution is 2.25. The Morgan fingerprint density at radius 2 is 1.95 bits per heavy atom. The molecule has 2 rings (SSSR count). The van der Waals surface area contributed by atoms with Crippen molar-refractivity contribution in [3.63, 3.8) is 0 Å².